The van der Waals surface area contributed by atoms with Crippen molar-refractivity contribution in [2.24, 2.45) is 0 Å². The zero-order valence-electron chi connectivity index (χ0n) is 11.9. The summed E-state index contributed by atoms with van der Waals surface area (Å²) < 4.78 is 5.27. The lowest BCUT2D eigenvalue weighted by Gasteiger charge is -2.22. The number of hydrogen-bond donors (Lipinski definition) is 2. The van der Waals surface area contributed by atoms with E-state index in [9.17, 15) is 4.79 Å². The first-order valence-corrected chi connectivity index (χ1v) is 6.72. The second-order valence-electron chi connectivity index (χ2n) is 5.59. The van der Waals surface area contributed by atoms with Gasteiger partial charge in [-0.15, -0.1) is 0 Å². The van der Waals surface area contributed by atoms with E-state index < -0.39 is 5.60 Å². The lowest BCUT2D eigenvalue weighted by atomic mass is 10.0. The van der Waals surface area contributed by atoms with Crippen LogP contribution < -0.4 is 10.6 Å². The molecular formula is C15H22N2O2. The predicted octanol–water partition coefficient (Wildman–Crippen LogP) is 2.80. The van der Waals surface area contributed by atoms with Crippen LogP contribution in [0.4, 0.5) is 11.4 Å². The van der Waals surface area contributed by atoms with Crippen molar-refractivity contribution in [3.63, 3.8) is 0 Å². The van der Waals surface area contributed by atoms with E-state index in [0.29, 0.717) is 6.42 Å². The van der Waals surface area contributed by atoms with Crippen molar-refractivity contribution in [1.29, 1.82) is 0 Å². The Hall–Kier alpha value is -1.55. The SMILES string of the molecule is COC(C)(C)CC(=O)Nc1ccc2c(c1)CCCN2. The van der Waals surface area contributed by atoms with Crippen LogP contribution in [0.15, 0.2) is 18.2 Å². The van der Waals surface area contributed by atoms with Crippen LogP contribution in [0.3, 0.4) is 0 Å². The van der Waals surface area contributed by atoms with E-state index in [1.54, 1.807) is 7.11 Å². The highest BCUT2D eigenvalue weighted by Gasteiger charge is 2.21. The molecule has 1 aliphatic rings. The molecule has 1 aromatic carbocycles. The molecule has 0 unspecified atom stereocenters. The van der Waals surface area contributed by atoms with Gasteiger partial charge in [0.2, 0.25) is 5.91 Å². The van der Waals surface area contributed by atoms with E-state index in [-0.39, 0.29) is 5.91 Å². The van der Waals surface area contributed by atoms with Crippen LogP contribution in [0.5, 0.6) is 0 Å². The lowest BCUT2D eigenvalue weighted by molar-refractivity contribution is -0.121. The molecule has 0 aromatic heterocycles. The Labute approximate surface area is 114 Å². The number of anilines is 2. The minimum atomic E-state index is -0.431. The fourth-order valence-electron chi connectivity index (χ4n) is 2.22. The molecule has 1 heterocycles. The van der Waals surface area contributed by atoms with Gasteiger partial charge in [-0.2, -0.15) is 0 Å². The molecule has 0 aliphatic carbocycles. The van der Waals surface area contributed by atoms with Crippen LogP contribution in [0.2, 0.25) is 0 Å². The Morgan fingerprint density at radius 2 is 2.26 bits per heavy atom. The number of amides is 1. The molecule has 0 fully saturated rings. The second-order valence-corrected chi connectivity index (χ2v) is 5.59. The molecule has 2 N–H and O–H groups in total. The first-order chi connectivity index (χ1) is 9.00. The number of carbonyl (C=O) groups is 1. The Kier molecular flexibility index (Phi) is 4.10. The molecule has 0 bridgehead atoms. The molecule has 104 valence electrons. The number of fused-ring (bicyclic) bond motifs is 1. The third-order valence-electron chi connectivity index (χ3n) is 3.47. The maximum Gasteiger partial charge on any atom is 0.227 e. The van der Waals surface area contributed by atoms with Gasteiger partial charge in [0.15, 0.2) is 0 Å². The molecular weight excluding hydrogens is 240 g/mol. The Morgan fingerprint density at radius 1 is 1.47 bits per heavy atom. The third-order valence-corrected chi connectivity index (χ3v) is 3.47. The Morgan fingerprint density at radius 3 is 3.00 bits per heavy atom. The lowest BCUT2D eigenvalue weighted by Crippen LogP contribution is -2.29. The molecule has 0 radical (unpaired) electrons. The Bertz CT molecular complexity index is 469. The first-order valence-electron chi connectivity index (χ1n) is 6.72. The molecule has 1 amide bonds. The molecule has 0 atom stereocenters. The van der Waals surface area contributed by atoms with Crippen molar-refractivity contribution in [3.05, 3.63) is 23.8 Å². The summed E-state index contributed by atoms with van der Waals surface area (Å²) in [5, 5.41) is 6.29. The summed E-state index contributed by atoms with van der Waals surface area (Å²) in [4.78, 5) is 11.9. The number of rotatable bonds is 4. The molecule has 1 aromatic rings. The van der Waals surface area contributed by atoms with Gasteiger partial charge in [0.1, 0.15) is 0 Å². The second kappa shape index (κ2) is 5.61. The van der Waals surface area contributed by atoms with Crippen LogP contribution in [0.1, 0.15) is 32.3 Å². The number of benzene rings is 1. The average Bonchev–Trinajstić information content (AvgIpc) is 2.38. The summed E-state index contributed by atoms with van der Waals surface area (Å²) in [6.45, 7) is 4.84. The summed E-state index contributed by atoms with van der Waals surface area (Å²) >= 11 is 0. The normalized spacial score (nSPS) is 14.5. The molecule has 0 spiro atoms. The largest absolute Gasteiger partial charge is 0.385 e. The fourth-order valence-corrected chi connectivity index (χ4v) is 2.22. The van der Waals surface area contributed by atoms with E-state index in [1.807, 2.05) is 26.0 Å². The summed E-state index contributed by atoms with van der Waals surface area (Å²) in [7, 11) is 1.62. The van der Waals surface area contributed by atoms with Crippen LogP contribution in [-0.4, -0.2) is 25.2 Å². The number of methoxy groups -OCH3 is 1. The van der Waals surface area contributed by atoms with Gasteiger partial charge in [0.25, 0.3) is 0 Å². The smallest absolute Gasteiger partial charge is 0.227 e. The van der Waals surface area contributed by atoms with Crippen molar-refractivity contribution in [1.82, 2.24) is 0 Å². The quantitative estimate of drug-likeness (QED) is 0.877. The van der Waals surface area contributed by atoms with Crippen molar-refractivity contribution >= 4 is 17.3 Å². The van der Waals surface area contributed by atoms with Gasteiger partial charge in [0, 0.05) is 25.0 Å². The third kappa shape index (κ3) is 3.70. The van der Waals surface area contributed by atoms with Gasteiger partial charge >= 0.3 is 0 Å². The van der Waals surface area contributed by atoms with E-state index in [4.69, 9.17) is 4.74 Å². The molecule has 1 aliphatic heterocycles. The number of carbonyl (C=O) groups excluding carboxylic acids is 1. The van der Waals surface area contributed by atoms with E-state index in [0.717, 1.165) is 25.1 Å². The fraction of sp³-hybridized carbons (Fsp3) is 0.533. The monoisotopic (exact) mass is 262 g/mol. The maximum atomic E-state index is 11.9. The minimum Gasteiger partial charge on any atom is -0.385 e. The van der Waals surface area contributed by atoms with Gasteiger partial charge < -0.3 is 15.4 Å². The number of aryl methyl sites for hydroxylation is 1. The predicted molar refractivity (Wildman–Crippen MR) is 77.6 cm³/mol. The Balaban J connectivity index is 2.01. The summed E-state index contributed by atoms with van der Waals surface area (Å²) in [5.41, 5.74) is 2.88. The molecule has 4 heteroatoms. The molecule has 19 heavy (non-hydrogen) atoms. The molecule has 2 rings (SSSR count). The highest BCUT2D eigenvalue weighted by Crippen LogP contribution is 2.25. The summed E-state index contributed by atoms with van der Waals surface area (Å²) in [6.07, 6.45) is 2.55. The standard InChI is InChI=1S/C15H22N2O2/c1-15(2,19-3)10-14(18)17-12-6-7-13-11(9-12)5-4-8-16-13/h6-7,9,16H,4-5,8,10H2,1-3H3,(H,17,18). The number of ether oxygens (including phenoxy) is 1. The van der Waals surface area contributed by atoms with Crippen LogP contribution >= 0.6 is 0 Å². The zero-order chi connectivity index (χ0) is 13.9. The number of nitrogens with one attached hydrogen (secondary N) is 2. The minimum absolute atomic E-state index is 0.0180. The van der Waals surface area contributed by atoms with Crippen molar-refractivity contribution in [2.75, 3.05) is 24.3 Å². The van der Waals surface area contributed by atoms with Crippen LogP contribution in [0.25, 0.3) is 0 Å². The van der Waals surface area contributed by atoms with E-state index in [2.05, 4.69) is 16.7 Å². The molecule has 4 nitrogen and oxygen atoms in total. The van der Waals surface area contributed by atoms with Crippen LogP contribution in [-0.2, 0) is 16.0 Å². The van der Waals surface area contributed by atoms with Gasteiger partial charge in [-0.05, 0) is 50.5 Å². The van der Waals surface area contributed by atoms with Gasteiger partial charge in [-0.25, -0.2) is 0 Å². The summed E-state index contributed by atoms with van der Waals surface area (Å²) in [5.74, 6) is -0.0180. The van der Waals surface area contributed by atoms with Crippen LogP contribution in [0, 0.1) is 0 Å². The highest BCUT2D eigenvalue weighted by molar-refractivity contribution is 5.91. The summed E-state index contributed by atoms with van der Waals surface area (Å²) in [6, 6.07) is 6.03. The number of hydrogen-bond acceptors (Lipinski definition) is 3. The van der Waals surface area contributed by atoms with Gasteiger partial charge in [0.05, 0.1) is 12.0 Å². The van der Waals surface area contributed by atoms with Crippen molar-refractivity contribution in [2.45, 2.75) is 38.7 Å². The van der Waals surface area contributed by atoms with Crippen molar-refractivity contribution in [3.8, 4) is 0 Å². The maximum absolute atomic E-state index is 11.9. The van der Waals surface area contributed by atoms with Gasteiger partial charge in [-0.3, -0.25) is 4.79 Å². The highest BCUT2D eigenvalue weighted by atomic mass is 16.5. The van der Waals surface area contributed by atoms with E-state index >= 15 is 0 Å². The average molecular weight is 262 g/mol. The van der Waals surface area contributed by atoms with Crippen molar-refractivity contribution < 1.29 is 9.53 Å². The van der Waals surface area contributed by atoms with Gasteiger partial charge in [-0.1, -0.05) is 0 Å². The molecule has 0 saturated carbocycles. The zero-order valence-corrected chi connectivity index (χ0v) is 11.9. The van der Waals surface area contributed by atoms with E-state index in [1.165, 1.54) is 11.3 Å². The first kappa shape index (κ1) is 13.9. The molecule has 0 saturated heterocycles. The topological polar surface area (TPSA) is 50.4 Å².